The lowest BCUT2D eigenvalue weighted by Crippen LogP contribution is -2.30. The molecule has 0 bridgehead atoms. The number of unbranched alkanes of at least 4 members (excludes halogenated alkanes) is 28. The first-order valence-electron chi connectivity index (χ1n) is 24.5. The van der Waals surface area contributed by atoms with Crippen molar-refractivity contribution in [3.8, 4) is 0 Å². The van der Waals surface area contributed by atoms with Gasteiger partial charge in [-0.3, -0.25) is 0 Å². The molecule has 0 N–H and O–H groups in total. The molecule has 56 heavy (non-hydrogen) atoms. The second-order valence-electron chi connectivity index (χ2n) is 16.9. The first kappa shape index (κ1) is 52.1. The zero-order valence-corrected chi connectivity index (χ0v) is 37.7. The summed E-state index contributed by atoms with van der Waals surface area (Å²) in [6, 6.07) is 7.85. The smallest absolute Gasteiger partial charge is 0.329 e. The Morgan fingerprint density at radius 3 is 0.750 bits per heavy atom. The van der Waals surface area contributed by atoms with Crippen LogP contribution in [0, 0.1) is 0 Å². The van der Waals surface area contributed by atoms with Gasteiger partial charge in [0, 0.05) is 26.2 Å². The number of hydrogen-bond donors (Lipinski definition) is 0. The maximum atomic E-state index is 13.1. The Morgan fingerprint density at radius 1 is 0.339 bits per heavy atom. The molecule has 0 aromatic heterocycles. The fraction of sp³-hybridized carbons (Fsp3) is 0.840. The van der Waals surface area contributed by atoms with Crippen LogP contribution in [0.5, 0.6) is 0 Å². The topological polar surface area (TPSA) is 59.1 Å². The lowest BCUT2D eigenvalue weighted by molar-refractivity contribution is -0.191. The molecule has 326 valence electrons. The monoisotopic (exact) mass is 785 g/mol. The van der Waals surface area contributed by atoms with Crippen molar-refractivity contribution in [2.75, 3.05) is 26.2 Å². The second kappa shape index (κ2) is 39.9. The lowest BCUT2D eigenvalue weighted by atomic mass is 10.1. The minimum atomic E-state index is -0.200. The van der Waals surface area contributed by atoms with E-state index in [0.717, 1.165) is 63.0 Å². The fourth-order valence-electron chi connectivity index (χ4n) is 7.56. The second-order valence-corrected chi connectivity index (χ2v) is 16.9. The van der Waals surface area contributed by atoms with Crippen molar-refractivity contribution >= 4 is 11.9 Å². The number of carbonyl (C=O) groups is 2. The summed E-state index contributed by atoms with van der Waals surface area (Å²) < 4.78 is 0. The van der Waals surface area contributed by atoms with Gasteiger partial charge < -0.3 is 9.68 Å². The van der Waals surface area contributed by atoms with Crippen molar-refractivity contribution in [1.82, 2.24) is 10.1 Å². The molecule has 0 saturated carbocycles. The van der Waals surface area contributed by atoms with E-state index in [1.165, 1.54) is 180 Å². The van der Waals surface area contributed by atoms with Crippen LogP contribution in [0.1, 0.15) is 244 Å². The molecule has 0 fully saturated rings. The highest BCUT2D eigenvalue weighted by molar-refractivity contribution is 5.73. The van der Waals surface area contributed by atoms with Gasteiger partial charge in [-0.05, 0) is 36.8 Å². The molecule has 0 radical (unpaired) electrons. The summed E-state index contributed by atoms with van der Waals surface area (Å²) in [4.78, 5) is 38.1. The molecule has 0 aliphatic carbocycles. The fourth-order valence-corrected chi connectivity index (χ4v) is 7.56. The predicted molar refractivity (Wildman–Crippen MR) is 240 cm³/mol. The number of benzene rings is 1. The van der Waals surface area contributed by atoms with Crippen molar-refractivity contribution in [3.05, 3.63) is 35.4 Å². The van der Waals surface area contributed by atoms with E-state index in [2.05, 4.69) is 27.7 Å². The Labute approximate surface area is 347 Å². The molecule has 0 atom stereocenters. The van der Waals surface area contributed by atoms with Gasteiger partial charge in [-0.25, -0.2) is 9.59 Å². The van der Waals surface area contributed by atoms with Crippen LogP contribution < -0.4 is 0 Å². The molecule has 0 heterocycles. The Hall–Kier alpha value is -1.92. The molecule has 0 unspecified atom stereocenters. The number of hydroxylamine groups is 4. The van der Waals surface area contributed by atoms with Gasteiger partial charge in [-0.1, -0.05) is 232 Å². The molecule has 1 aromatic rings. The van der Waals surface area contributed by atoms with Crippen molar-refractivity contribution in [3.63, 3.8) is 0 Å². The van der Waals surface area contributed by atoms with Crippen LogP contribution in [0.4, 0.5) is 0 Å². The largest absolute Gasteiger partial charge is 0.368 e. The average molecular weight is 785 g/mol. The highest BCUT2D eigenvalue weighted by Crippen LogP contribution is 2.15. The van der Waals surface area contributed by atoms with Gasteiger partial charge in [-0.2, -0.15) is 0 Å². The minimum absolute atomic E-state index is 0.200. The Morgan fingerprint density at radius 2 is 0.536 bits per heavy atom. The van der Waals surface area contributed by atoms with Gasteiger partial charge in [-0.15, -0.1) is 10.1 Å². The molecular formula is C50H92N2O4. The zero-order chi connectivity index (χ0) is 40.6. The van der Waals surface area contributed by atoms with Gasteiger partial charge in [0.1, 0.15) is 0 Å². The number of rotatable bonds is 42. The van der Waals surface area contributed by atoms with Gasteiger partial charge in [0.05, 0.1) is 12.8 Å². The molecule has 1 aromatic carbocycles. The SMILES string of the molecule is CCCCCCCCCCN(CCCCCCCCCC)OC(=O)Cc1ccc(CC(=O)ON(CCCCCCCCCC)CCCCCCCCCC)cc1. The molecule has 6 heteroatoms. The standard InChI is InChI=1S/C50H92N2O4/c1-5-9-13-17-21-25-29-33-41-51(42-34-30-26-22-18-14-10-6-2)55-49(53)45-47-37-39-48(40-38-47)46-50(54)56-52(43-35-31-27-23-19-15-11-7-3)44-36-32-28-24-20-16-12-8-4/h37-40H,5-36,41-46H2,1-4H3. The third kappa shape index (κ3) is 33.1. The third-order valence-corrected chi connectivity index (χ3v) is 11.2. The Kier molecular flexibility index (Phi) is 37.1. The van der Waals surface area contributed by atoms with E-state index in [9.17, 15) is 9.59 Å². The summed E-state index contributed by atoms with van der Waals surface area (Å²) in [7, 11) is 0. The molecular weight excluding hydrogens is 693 g/mol. The van der Waals surface area contributed by atoms with Crippen LogP contribution in [0.15, 0.2) is 24.3 Å². The normalized spacial score (nSPS) is 11.5. The Bertz CT molecular complexity index is 880. The summed E-state index contributed by atoms with van der Waals surface area (Å²) in [5.41, 5.74) is 1.83. The van der Waals surface area contributed by atoms with Crippen LogP contribution >= 0.6 is 0 Å². The number of hydrogen-bond acceptors (Lipinski definition) is 6. The number of nitrogens with zero attached hydrogens (tertiary/aromatic N) is 2. The molecule has 0 spiro atoms. The van der Waals surface area contributed by atoms with Crippen LogP contribution in [0.3, 0.4) is 0 Å². The molecule has 0 amide bonds. The van der Waals surface area contributed by atoms with E-state index in [1.807, 2.05) is 34.4 Å². The van der Waals surface area contributed by atoms with Gasteiger partial charge in [0.25, 0.3) is 0 Å². The third-order valence-electron chi connectivity index (χ3n) is 11.2. The average Bonchev–Trinajstić information content (AvgIpc) is 3.19. The summed E-state index contributed by atoms with van der Waals surface area (Å²) >= 11 is 0. The maximum Gasteiger partial charge on any atom is 0.329 e. The van der Waals surface area contributed by atoms with Crippen LogP contribution in [0.2, 0.25) is 0 Å². The van der Waals surface area contributed by atoms with E-state index in [1.54, 1.807) is 0 Å². The molecule has 1 rings (SSSR count). The van der Waals surface area contributed by atoms with Crippen LogP contribution in [-0.4, -0.2) is 48.2 Å². The zero-order valence-electron chi connectivity index (χ0n) is 37.7. The molecule has 6 nitrogen and oxygen atoms in total. The van der Waals surface area contributed by atoms with Crippen molar-refractivity contribution < 1.29 is 19.3 Å². The first-order valence-corrected chi connectivity index (χ1v) is 24.5. The van der Waals surface area contributed by atoms with Crippen molar-refractivity contribution in [2.24, 2.45) is 0 Å². The van der Waals surface area contributed by atoms with Crippen LogP contribution in [0.25, 0.3) is 0 Å². The summed E-state index contributed by atoms with van der Waals surface area (Å²) in [5.74, 6) is -0.400. The quantitative estimate of drug-likeness (QED) is 0.0486. The molecule has 0 saturated heterocycles. The van der Waals surface area contributed by atoms with Crippen LogP contribution in [-0.2, 0) is 32.1 Å². The van der Waals surface area contributed by atoms with E-state index in [4.69, 9.17) is 9.68 Å². The summed E-state index contributed by atoms with van der Waals surface area (Å²) in [6.07, 6.45) is 41.1. The lowest BCUT2D eigenvalue weighted by Gasteiger charge is -2.22. The summed E-state index contributed by atoms with van der Waals surface area (Å²) in [6.45, 7) is 12.3. The number of carbonyl (C=O) groups excluding carboxylic acids is 2. The van der Waals surface area contributed by atoms with Gasteiger partial charge in [0.2, 0.25) is 0 Å². The van der Waals surface area contributed by atoms with Crippen molar-refractivity contribution in [1.29, 1.82) is 0 Å². The highest BCUT2D eigenvalue weighted by Gasteiger charge is 2.15. The predicted octanol–water partition coefficient (Wildman–Crippen LogP) is 14.9. The first-order chi connectivity index (χ1) is 27.5. The highest BCUT2D eigenvalue weighted by atomic mass is 16.7. The van der Waals surface area contributed by atoms with Gasteiger partial charge >= 0.3 is 11.9 Å². The van der Waals surface area contributed by atoms with E-state index < -0.39 is 0 Å². The van der Waals surface area contributed by atoms with Crippen molar-refractivity contribution in [2.45, 2.75) is 246 Å². The van der Waals surface area contributed by atoms with E-state index in [-0.39, 0.29) is 24.8 Å². The summed E-state index contributed by atoms with van der Waals surface area (Å²) in [5, 5.41) is 3.88. The maximum absolute atomic E-state index is 13.1. The van der Waals surface area contributed by atoms with E-state index >= 15 is 0 Å². The minimum Gasteiger partial charge on any atom is -0.368 e. The Balaban J connectivity index is 2.58. The van der Waals surface area contributed by atoms with E-state index in [0.29, 0.717) is 0 Å². The molecule has 0 aliphatic heterocycles. The van der Waals surface area contributed by atoms with Gasteiger partial charge in [0.15, 0.2) is 0 Å². The molecule has 0 aliphatic rings.